The van der Waals surface area contributed by atoms with Gasteiger partial charge in [-0.25, -0.2) is 0 Å². The minimum Gasteiger partial charge on any atom is -0.481 e. The van der Waals surface area contributed by atoms with Crippen LogP contribution in [0.4, 0.5) is 0 Å². The monoisotopic (exact) mass is 254 g/mol. The summed E-state index contributed by atoms with van der Waals surface area (Å²) in [5.74, 6) is -1.40. The quantitative estimate of drug-likeness (QED) is 0.903. The molecule has 0 saturated heterocycles. The van der Waals surface area contributed by atoms with Crippen molar-refractivity contribution in [2.45, 2.75) is 26.7 Å². The van der Waals surface area contributed by atoms with Crippen LogP contribution in [-0.2, 0) is 4.79 Å². The minimum absolute atomic E-state index is 0.596. The molecule has 0 aliphatic carbocycles. The van der Waals surface area contributed by atoms with Crippen LogP contribution >= 0.6 is 0 Å². The number of aryl methyl sites for hydroxylation is 3. The first-order valence-electron chi connectivity index (χ1n) is 6.36. The normalized spacial score (nSPS) is 12.2. The molecule has 0 aliphatic heterocycles. The van der Waals surface area contributed by atoms with Gasteiger partial charge in [0, 0.05) is 0 Å². The Morgan fingerprint density at radius 3 is 2.00 bits per heavy atom. The molecule has 0 bridgehead atoms. The Labute approximate surface area is 113 Å². The maximum atomic E-state index is 11.7. The molecule has 2 aromatic rings. The minimum atomic E-state index is -0.804. The summed E-state index contributed by atoms with van der Waals surface area (Å²) < 4.78 is 0. The van der Waals surface area contributed by atoms with E-state index in [4.69, 9.17) is 0 Å². The highest BCUT2D eigenvalue weighted by Gasteiger charge is 2.25. The van der Waals surface area contributed by atoms with E-state index in [-0.39, 0.29) is 0 Å². The van der Waals surface area contributed by atoms with Crippen LogP contribution in [0.3, 0.4) is 0 Å². The molecule has 98 valence electrons. The Kier molecular flexibility index (Phi) is 3.70. The van der Waals surface area contributed by atoms with Gasteiger partial charge in [0.2, 0.25) is 0 Å². The number of hydrogen-bond donors (Lipinski definition) is 1. The zero-order chi connectivity index (χ0) is 14.0. The maximum Gasteiger partial charge on any atom is 0.315 e. The molecule has 0 aromatic heterocycles. The fourth-order valence-electron chi connectivity index (χ4n) is 2.72. The smallest absolute Gasteiger partial charge is 0.315 e. The van der Waals surface area contributed by atoms with Crippen molar-refractivity contribution in [3.63, 3.8) is 0 Å². The van der Waals surface area contributed by atoms with Gasteiger partial charge in [0.25, 0.3) is 0 Å². The van der Waals surface area contributed by atoms with Crippen LogP contribution < -0.4 is 0 Å². The SMILES string of the molecule is Cc1cc(C)c(C(C(=O)O)c2ccccc2)c(C)c1. The molecular weight excluding hydrogens is 236 g/mol. The summed E-state index contributed by atoms with van der Waals surface area (Å²) in [5.41, 5.74) is 4.97. The molecule has 1 atom stereocenters. The molecule has 1 N–H and O–H groups in total. The van der Waals surface area contributed by atoms with Crippen molar-refractivity contribution in [1.29, 1.82) is 0 Å². The van der Waals surface area contributed by atoms with Crippen LogP contribution in [0.25, 0.3) is 0 Å². The third-order valence-corrected chi connectivity index (χ3v) is 3.41. The second-order valence-electron chi connectivity index (χ2n) is 4.99. The molecule has 1 unspecified atom stereocenters. The van der Waals surface area contributed by atoms with Crippen LogP contribution in [-0.4, -0.2) is 11.1 Å². The van der Waals surface area contributed by atoms with Crippen molar-refractivity contribution in [1.82, 2.24) is 0 Å². The van der Waals surface area contributed by atoms with Crippen LogP contribution in [0.15, 0.2) is 42.5 Å². The van der Waals surface area contributed by atoms with E-state index in [1.165, 1.54) is 0 Å². The lowest BCUT2D eigenvalue weighted by molar-refractivity contribution is -0.137. The molecule has 0 fully saturated rings. The van der Waals surface area contributed by atoms with Gasteiger partial charge in [0.15, 0.2) is 0 Å². The molecule has 0 heterocycles. The van der Waals surface area contributed by atoms with Crippen molar-refractivity contribution in [3.05, 3.63) is 70.3 Å². The lowest BCUT2D eigenvalue weighted by atomic mass is 9.85. The number of carboxylic acids is 1. The van der Waals surface area contributed by atoms with Crippen LogP contribution in [0.5, 0.6) is 0 Å². The third-order valence-electron chi connectivity index (χ3n) is 3.41. The largest absolute Gasteiger partial charge is 0.481 e. The van der Waals surface area contributed by atoms with Crippen LogP contribution in [0.2, 0.25) is 0 Å². The summed E-state index contributed by atoms with van der Waals surface area (Å²) in [7, 11) is 0. The van der Waals surface area contributed by atoms with Gasteiger partial charge < -0.3 is 5.11 Å². The number of rotatable bonds is 3. The molecule has 0 saturated carbocycles. The van der Waals surface area contributed by atoms with E-state index in [0.717, 1.165) is 27.8 Å². The average Bonchev–Trinajstić information content (AvgIpc) is 2.34. The first-order valence-corrected chi connectivity index (χ1v) is 6.36. The Hall–Kier alpha value is -2.09. The second kappa shape index (κ2) is 5.27. The fourth-order valence-corrected chi connectivity index (χ4v) is 2.72. The van der Waals surface area contributed by atoms with E-state index in [1.807, 2.05) is 63.2 Å². The Morgan fingerprint density at radius 1 is 1.00 bits per heavy atom. The van der Waals surface area contributed by atoms with E-state index in [1.54, 1.807) is 0 Å². The van der Waals surface area contributed by atoms with Gasteiger partial charge >= 0.3 is 5.97 Å². The fraction of sp³-hybridized carbons (Fsp3) is 0.235. The van der Waals surface area contributed by atoms with Crippen molar-refractivity contribution in [3.8, 4) is 0 Å². The highest BCUT2D eigenvalue weighted by Crippen LogP contribution is 2.31. The van der Waals surface area contributed by atoms with E-state index in [0.29, 0.717) is 0 Å². The molecule has 19 heavy (non-hydrogen) atoms. The Bertz CT molecular complexity index is 577. The van der Waals surface area contributed by atoms with Crippen LogP contribution in [0, 0.1) is 20.8 Å². The molecule has 0 amide bonds. The molecule has 2 aromatic carbocycles. The second-order valence-corrected chi connectivity index (χ2v) is 4.99. The molecular formula is C17H18O2. The first-order chi connectivity index (χ1) is 9.00. The number of carboxylic acid groups (broad SMARTS) is 1. The van der Waals surface area contributed by atoms with E-state index in [9.17, 15) is 9.90 Å². The maximum absolute atomic E-state index is 11.7. The van der Waals surface area contributed by atoms with Gasteiger partial charge in [0.1, 0.15) is 5.92 Å². The van der Waals surface area contributed by atoms with Gasteiger partial charge in [-0.05, 0) is 43.0 Å². The summed E-state index contributed by atoms with van der Waals surface area (Å²) in [6.45, 7) is 5.99. The molecule has 2 rings (SSSR count). The number of aliphatic carboxylic acids is 1. The first kappa shape index (κ1) is 13.3. The van der Waals surface area contributed by atoms with E-state index < -0.39 is 11.9 Å². The lowest BCUT2D eigenvalue weighted by Gasteiger charge is -2.19. The average molecular weight is 254 g/mol. The highest BCUT2D eigenvalue weighted by atomic mass is 16.4. The molecule has 2 heteroatoms. The topological polar surface area (TPSA) is 37.3 Å². The van der Waals surface area contributed by atoms with Crippen molar-refractivity contribution in [2.75, 3.05) is 0 Å². The number of carbonyl (C=O) groups is 1. The summed E-state index contributed by atoms with van der Waals surface area (Å²) >= 11 is 0. The predicted molar refractivity (Wildman–Crippen MR) is 76.6 cm³/mol. The van der Waals surface area contributed by atoms with Crippen LogP contribution in [0.1, 0.15) is 33.7 Å². The Morgan fingerprint density at radius 2 is 1.53 bits per heavy atom. The zero-order valence-corrected chi connectivity index (χ0v) is 11.5. The van der Waals surface area contributed by atoms with Crippen molar-refractivity contribution in [2.24, 2.45) is 0 Å². The van der Waals surface area contributed by atoms with Gasteiger partial charge in [-0.2, -0.15) is 0 Å². The number of hydrogen-bond acceptors (Lipinski definition) is 1. The summed E-state index contributed by atoms with van der Waals surface area (Å²) in [6.07, 6.45) is 0. The Balaban J connectivity index is 2.62. The van der Waals surface area contributed by atoms with E-state index in [2.05, 4.69) is 0 Å². The summed E-state index contributed by atoms with van der Waals surface area (Å²) in [4.78, 5) is 11.7. The summed E-state index contributed by atoms with van der Waals surface area (Å²) in [6, 6.07) is 13.5. The molecule has 0 aliphatic rings. The highest BCUT2D eigenvalue weighted by molar-refractivity contribution is 5.81. The lowest BCUT2D eigenvalue weighted by Crippen LogP contribution is -2.15. The van der Waals surface area contributed by atoms with E-state index >= 15 is 0 Å². The van der Waals surface area contributed by atoms with Gasteiger partial charge in [-0.3, -0.25) is 4.79 Å². The van der Waals surface area contributed by atoms with Gasteiger partial charge in [-0.1, -0.05) is 48.0 Å². The standard InChI is InChI=1S/C17H18O2/c1-11-9-12(2)15(13(3)10-11)16(17(18)19)14-7-5-4-6-8-14/h4-10,16H,1-3H3,(H,18,19). The number of benzene rings is 2. The molecule has 0 radical (unpaired) electrons. The zero-order valence-electron chi connectivity index (χ0n) is 11.5. The van der Waals surface area contributed by atoms with Crippen molar-refractivity contribution >= 4 is 5.97 Å². The molecule has 0 spiro atoms. The van der Waals surface area contributed by atoms with Gasteiger partial charge in [-0.15, -0.1) is 0 Å². The van der Waals surface area contributed by atoms with Crippen molar-refractivity contribution < 1.29 is 9.90 Å². The third kappa shape index (κ3) is 2.68. The van der Waals surface area contributed by atoms with Gasteiger partial charge in [0.05, 0.1) is 0 Å². The predicted octanol–water partition coefficient (Wildman–Crippen LogP) is 3.83. The molecule has 2 nitrogen and oxygen atoms in total. The summed E-state index contributed by atoms with van der Waals surface area (Å²) in [5, 5.41) is 9.60.